The molecule has 1 rings (SSSR count). The van der Waals surface area contributed by atoms with Crippen molar-refractivity contribution >= 4 is 5.69 Å². The molecule has 0 radical (unpaired) electrons. The van der Waals surface area contributed by atoms with Crippen molar-refractivity contribution < 1.29 is 5.11 Å². The summed E-state index contributed by atoms with van der Waals surface area (Å²) in [6.45, 7) is 5.08. The van der Waals surface area contributed by atoms with Crippen LogP contribution in [-0.2, 0) is 0 Å². The topological polar surface area (TPSA) is 96.3 Å². The van der Waals surface area contributed by atoms with Gasteiger partial charge in [0.2, 0.25) is 0 Å². The Labute approximate surface area is 110 Å². The fraction of sp³-hybridized carbons (Fsp3) is 0.538. The monoisotopic (exact) mass is 254 g/mol. The number of nitrogens with one attached hydrogen (secondary N) is 2. The molecule has 1 unspecified atom stereocenters. The molecule has 5 nitrogen and oxygen atoms in total. The predicted octanol–water partition coefficient (Wildman–Crippen LogP) is -0.0273. The van der Waals surface area contributed by atoms with Gasteiger partial charge in [-0.05, 0) is 19.1 Å². The van der Waals surface area contributed by atoms with Crippen molar-refractivity contribution in [3.05, 3.63) is 30.3 Å². The van der Waals surface area contributed by atoms with Crippen LogP contribution in [0.15, 0.2) is 30.3 Å². The second-order valence-corrected chi connectivity index (χ2v) is 3.99. The van der Waals surface area contributed by atoms with Crippen molar-refractivity contribution in [1.82, 2.24) is 5.32 Å². The Bertz CT molecular complexity index is 263. The molecular formula is C13H26N4O. The lowest BCUT2D eigenvalue weighted by Crippen LogP contribution is -2.25. The number of hydrogen-bond donors (Lipinski definition) is 5. The lowest BCUT2D eigenvalue weighted by molar-refractivity contribution is 0.293. The normalized spacial score (nSPS) is 11.3. The minimum absolute atomic E-state index is 0.194. The standard InChI is InChI=1S/C9H14N2.C4H12N2O/c1-8(10)7-11-9-5-3-2-4-6-9;5-1-2-6-3-4-7/h2-6,8,11H,7,10H2,1H3;6-7H,1-5H2. The van der Waals surface area contributed by atoms with Crippen LogP contribution in [0.25, 0.3) is 0 Å². The molecule has 0 saturated carbocycles. The largest absolute Gasteiger partial charge is 0.395 e. The van der Waals surface area contributed by atoms with Crippen molar-refractivity contribution in [2.45, 2.75) is 13.0 Å². The predicted molar refractivity (Wildman–Crippen MR) is 77.6 cm³/mol. The summed E-state index contributed by atoms with van der Waals surface area (Å²) < 4.78 is 0. The first-order valence-electron chi connectivity index (χ1n) is 6.26. The van der Waals surface area contributed by atoms with Crippen molar-refractivity contribution in [3.8, 4) is 0 Å². The molecule has 7 N–H and O–H groups in total. The van der Waals surface area contributed by atoms with Crippen LogP contribution in [0, 0.1) is 0 Å². The highest BCUT2D eigenvalue weighted by molar-refractivity contribution is 5.42. The molecule has 0 amide bonds. The molecule has 0 aromatic heterocycles. The van der Waals surface area contributed by atoms with Gasteiger partial charge in [0.15, 0.2) is 0 Å². The Hall–Kier alpha value is -1.14. The third-order valence-corrected chi connectivity index (χ3v) is 2.01. The van der Waals surface area contributed by atoms with Crippen LogP contribution >= 0.6 is 0 Å². The van der Waals surface area contributed by atoms with E-state index in [1.807, 2.05) is 37.3 Å². The number of hydrogen-bond acceptors (Lipinski definition) is 5. The van der Waals surface area contributed by atoms with Gasteiger partial charge in [0.1, 0.15) is 0 Å². The first-order valence-corrected chi connectivity index (χ1v) is 6.26. The average Bonchev–Trinajstić information content (AvgIpc) is 2.39. The van der Waals surface area contributed by atoms with Crippen LogP contribution in [0.2, 0.25) is 0 Å². The van der Waals surface area contributed by atoms with Gasteiger partial charge in [0.05, 0.1) is 6.61 Å². The summed E-state index contributed by atoms with van der Waals surface area (Å²) in [7, 11) is 0. The molecule has 0 bridgehead atoms. The van der Waals surface area contributed by atoms with E-state index >= 15 is 0 Å². The second kappa shape index (κ2) is 12.3. The molecular weight excluding hydrogens is 228 g/mol. The summed E-state index contributed by atoms with van der Waals surface area (Å²) in [6, 6.07) is 10.3. The quantitative estimate of drug-likeness (QED) is 0.440. The molecule has 0 aliphatic rings. The van der Waals surface area contributed by atoms with Crippen LogP contribution < -0.4 is 22.1 Å². The maximum Gasteiger partial charge on any atom is 0.0555 e. The van der Waals surface area contributed by atoms with Gasteiger partial charge in [0, 0.05) is 37.9 Å². The van der Waals surface area contributed by atoms with Gasteiger partial charge in [-0.1, -0.05) is 18.2 Å². The highest BCUT2D eigenvalue weighted by Crippen LogP contribution is 2.03. The van der Waals surface area contributed by atoms with E-state index in [1.165, 1.54) is 0 Å². The molecule has 0 heterocycles. The van der Waals surface area contributed by atoms with E-state index in [4.69, 9.17) is 16.6 Å². The molecule has 1 atom stereocenters. The summed E-state index contributed by atoms with van der Waals surface area (Å²) in [5, 5.41) is 14.3. The van der Waals surface area contributed by atoms with Gasteiger partial charge in [0.25, 0.3) is 0 Å². The van der Waals surface area contributed by atoms with Crippen LogP contribution in [0.4, 0.5) is 5.69 Å². The van der Waals surface area contributed by atoms with E-state index in [0.29, 0.717) is 13.1 Å². The number of rotatable bonds is 7. The highest BCUT2D eigenvalue weighted by atomic mass is 16.3. The average molecular weight is 254 g/mol. The fourth-order valence-corrected chi connectivity index (χ4v) is 1.14. The highest BCUT2D eigenvalue weighted by Gasteiger charge is 1.92. The molecule has 18 heavy (non-hydrogen) atoms. The van der Waals surface area contributed by atoms with Crippen LogP contribution in [0.3, 0.4) is 0 Å². The zero-order valence-corrected chi connectivity index (χ0v) is 11.1. The van der Waals surface area contributed by atoms with Gasteiger partial charge in [-0.3, -0.25) is 0 Å². The number of aliphatic hydroxyl groups is 1. The number of aliphatic hydroxyl groups excluding tert-OH is 1. The fourth-order valence-electron chi connectivity index (χ4n) is 1.14. The maximum absolute atomic E-state index is 8.19. The number of anilines is 1. The van der Waals surface area contributed by atoms with Gasteiger partial charge in [-0.15, -0.1) is 0 Å². The van der Waals surface area contributed by atoms with Gasteiger partial charge < -0.3 is 27.2 Å². The third-order valence-electron chi connectivity index (χ3n) is 2.01. The third kappa shape index (κ3) is 11.3. The summed E-state index contributed by atoms with van der Waals surface area (Å²) >= 11 is 0. The van der Waals surface area contributed by atoms with Crippen LogP contribution in [-0.4, -0.2) is 43.9 Å². The Kier molecular flexibility index (Phi) is 11.5. The van der Waals surface area contributed by atoms with Crippen molar-refractivity contribution in [1.29, 1.82) is 0 Å². The van der Waals surface area contributed by atoms with E-state index < -0.39 is 0 Å². The van der Waals surface area contributed by atoms with E-state index in [1.54, 1.807) is 0 Å². The molecule has 0 aliphatic heterocycles. The smallest absolute Gasteiger partial charge is 0.0555 e. The zero-order valence-electron chi connectivity index (χ0n) is 11.1. The first kappa shape index (κ1) is 16.9. The number of nitrogens with two attached hydrogens (primary N) is 2. The summed E-state index contributed by atoms with van der Waals surface area (Å²) in [4.78, 5) is 0. The molecule has 0 aliphatic carbocycles. The van der Waals surface area contributed by atoms with E-state index in [0.717, 1.165) is 18.8 Å². The lowest BCUT2D eigenvalue weighted by atomic mass is 10.3. The maximum atomic E-state index is 8.19. The Balaban J connectivity index is 0.000000360. The van der Waals surface area contributed by atoms with E-state index in [-0.39, 0.29) is 12.6 Å². The zero-order chi connectivity index (χ0) is 13.6. The number of para-hydroxylation sites is 1. The molecule has 0 fully saturated rings. The minimum Gasteiger partial charge on any atom is -0.395 e. The Morgan fingerprint density at radius 2 is 1.89 bits per heavy atom. The summed E-state index contributed by atoms with van der Waals surface area (Å²) in [6.07, 6.45) is 0. The number of benzene rings is 1. The van der Waals surface area contributed by atoms with Crippen LogP contribution in [0.1, 0.15) is 6.92 Å². The Morgan fingerprint density at radius 3 is 2.39 bits per heavy atom. The van der Waals surface area contributed by atoms with Gasteiger partial charge in [-0.2, -0.15) is 0 Å². The van der Waals surface area contributed by atoms with E-state index in [9.17, 15) is 0 Å². The summed E-state index contributed by atoms with van der Waals surface area (Å²) in [5.41, 5.74) is 11.8. The van der Waals surface area contributed by atoms with Crippen molar-refractivity contribution in [2.24, 2.45) is 11.5 Å². The molecule has 0 saturated heterocycles. The SMILES string of the molecule is CC(N)CNc1ccccc1.NCCNCCO. The minimum atomic E-state index is 0.194. The molecule has 0 spiro atoms. The molecule has 1 aromatic rings. The van der Waals surface area contributed by atoms with Crippen LogP contribution in [0.5, 0.6) is 0 Å². The molecule has 1 aromatic carbocycles. The van der Waals surface area contributed by atoms with E-state index in [2.05, 4.69) is 10.6 Å². The lowest BCUT2D eigenvalue weighted by Gasteiger charge is -2.07. The molecule has 5 heteroatoms. The molecule has 104 valence electrons. The van der Waals surface area contributed by atoms with Gasteiger partial charge >= 0.3 is 0 Å². The summed E-state index contributed by atoms with van der Waals surface area (Å²) in [5.74, 6) is 0. The van der Waals surface area contributed by atoms with Crippen molar-refractivity contribution in [2.75, 3.05) is 38.1 Å². The second-order valence-electron chi connectivity index (χ2n) is 3.99. The van der Waals surface area contributed by atoms with Gasteiger partial charge in [-0.25, -0.2) is 0 Å². The Morgan fingerprint density at radius 1 is 1.22 bits per heavy atom. The van der Waals surface area contributed by atoms with Crippen molar-refractivity contribution in [3.63, 3.8) is 0 Å². The first-order chi connectivity index (χ1) is 8.70.